The quantitative estimate of drug-likeness (QED) is 0.830. The molecule has 22 heavy (non-hydrogen) atoms. The summed E-state index contributed by atoms with van der Waals surface area (Å²) in [5, 5.41) is 11.4. The van der Waals surface area contributed by atoms with Crippen molar-refractivity contribution in [3.8, 4) is 5.75 Å². The lowest BCUT2D eigenvalue weighted by Crippen LogP contribution is -2.28. The van der Waals surface area contributed by atoms with Crippen molar-refractivity contribution in [2.24, 2.45) is 0 Å². The van der Waals surface area contributed by atoms with Gasteiger partial charge in [0.15, 0.2) is 5.11 Å². The van der Waals surface area contributed by atoms with Crippen LogP contribution in [0.25, 0.3) is 0 Å². The Labute approximate surface area is 136 Å². The van der Waals surface area contributed by atoms with Crippen LogP contribution < -0.4 is 15.4 Å². The third-order valence-corrected chi connectivity index (χ3v) is 3.66. The van der Waals surface area contributed by atoms with Gasteiger partial charge in [-0.05, 0) is 50.7 Å². The third kappa shape index (κ3) is 3.98. The number of hydrogen-bond donors (Lipinski definition) is 2. The molecular weight excluding hydrogens is 296 g/mol. The Hall–Kier alpha value is -2.08. The van der Waals surface area contributed by atoms with Crippen LogP contribution in [-0.4, -0.2) is 22.0 Å². The average Bonchev–Trinajstić information content (AvgIpc) is 2.86. The molecule has 5 nitrogen and oxygen atoms in total. The number of benzene rings is 1. The van der Waals surface area contributed by atoms with Gasteiger partial charge in [0.2, 0.25) is 0 Å². The number of thiocarbonyl (C=S) groups is 1. The van der Waals surface area contributed by atoms with Crippen LogP contribution in [0.5, 0.6) is 5.75 Å². The van der Waals surface area contributed by atoms with Crippen LogP contribution in [-0.2, 0) is 13.1 Å². The van der Waals surface area contributed by atoms with Crippen molar-refractivity contribution in [1.82, 2.24) is 15.1 Å². The standard InChI is InChI=1S/C16H22N4OS/c1-5-20-10-13(12(3)19-20)9-17-16(22)18-14-8-11(2)6-7-15(14)21-4/h6-8,10H,5,9H2,1-4H3,(H2,17,18,22). The number of ether oxygens (including phenoxy) is 1. The van der Waals surface area contributed by atoms with Gasteiger partial charge in [0.25, 0.3) is 0 Å². The molecule has 2 aromatic rings. The zero-order valence-corrected chi connectivity index (χ0v) is 14.3. The van der Waals surface area contributed by atoms with E-state index < -0.39 is 0 Å². The molecule has 1 aromatic carbocycles. The first-order chi connectivity index (χ1) is 10.5. The average molecular weight is 318 g/mol. The van der Waals surface area contributed by atoms with Crippen molar-refractivity contribution in [1.29, 1.82) is 0 Å². The van der Waals surface area contributed by atoms with Crippen LogP contribution in [0, 0.1) is 13.8 Å². The highest BCUT2D eigenvalue weighted by Gasteiger charge is 2.07. The summed E-state index contributed by atoms with van der Waals surface area (Å²) < 4.78 is 7.26. The highest BCUT2D eigenvalue weighted by atomic mass is 32.1. The molecule has 0 aliphatic carbocycles. The molecule has 1 aromatic heterocycles. The van der Waals surface area contributed by atoms with Crippen molar-refractivity contribution >= 4 is 23.0 Å². The molecule has 0 spiro atoms. The molecule has 2 rings (SSSR count). The van der Waals surface area contributed by atoms with E-state index in [1.54, 1.807) is 7.11 Å². The van der Waals surface area contributed by atoms with Crippen molar-refractivity contribution in [2.75, 3.05) is 12.4 Å². The van der Waals surface area contributed by atoms with E-state index in [0.29, 0.717) is 11.7 Å². The Kier molecular flexibility index (Phi) is 5.38. The maximum atomic E-state index is 5.36. The third-order valence-electron chi connectivity index (χ3n) is 3.41. The number of rotatable bonds is 5. The number of nitrogens with one attached hydrogen (secondary N) is 2. The highest BCUT2D eigenvalue weighted by molar-refractivity contribution is 7.80. The summed E-state index contributed by atoms with van der Waals surface area (Å²) in [6.45, 7) is 7.61. The molecule has 0 saturated carbocycles. The van der Waals surface area contributed by atoms with E-state index in [-0.39, 0.29) is 0 Å². The number of anilines is 1. The Balaban J connectivity index is 1.98. The summed E-state index contributed by atoms with van der Waals surface area (Å²) in [5.74, 6) is 0.768. The summed E-state index contributed by atoms with van der Waals surface area (Å²) in [6.07, 6.45) is 2.04. The van der Waals surface area contributed by atoms with E-state index in [1.807, 2.05) is 42.9 Å². The van der Waals surface area contributed by atoms with Crippen LogP contribution >= 0.6 is 12.2 Å². The van der Waals surface area contributed by atoms with Crippen LogP contribution in [0.1, 0.15) is 23.7 Å². The van der Waals surface area contributed by atoms with E-state index >= 15 is 0 Å². The van der Waals surface area contributed by atoms with Crippen LogP contribution in [0.2, 0.25) is 0 Å². The van der Waals surface area contributed by atoms with Crippen LogP contribution in [0.3, 0.4) is 0 Å². The van der Waals surface area contributed by atoms with Crippen molar-refractivity contribution in [3.05, 3.63) is 41.2 Å². The van der Waals surface area contributed by atoms with Gasteiger partial charge in [-0.15, -0.1) is 0 Å². The van der Waals surface area contributed by atoms with E-state index in [0.717, 1.165) is 34.8 Å². The fourth-order valence-electron chi connectivity index (χ4n) is 2.16. The van der Waals surface area contributed by atoms with Gasteiger partial charge in [0, 0.05) is 24.8 Å². The molecule has 0 atom stereocenters. The summed E-state index contributed by atoms with van der Waals surface area (Å²) in [4.78, 5) is 0. The van der Waals surface area contributed by atoms with E-state index in [4.69, 9.17) is 17.0 Å². The largest absolute Gasteiger partial charge is 0.495 e. The lowest BCUT2D eigenvalue weighted by molar-refractivity contribution is 0.417. The lowest BCUT2D eigenvalue weighted by atomic mass is 10.2. The second kappa shape index (κ2) is 7.26. The molecule has 0 fully saturated rings. The molecule has 0 radical (unpaired) electrons. The minimum Gasteiger partial charge on any atom is -0.495 e. The second-order valence-electron chi connectivity index (χ2n) is 5.11. The fraction of sp³-hybridized carbons (Fsp3) is 0.375. The van der Waals surface area contributed by atoms with Gasteiger partial charge in [-0.25, -0.2) is 0 Å². The molecule has 0 saturated heterocycles. The monoisotopic (exact) mass is 318 g/mol. The van der Waals surface area contributed by atoms with Crippen molar-refractivity contribution in [3.63, 3.8) is 0 Å². The highest BCUT2D eigenvalue weighted by Crippen LogP contribution is 2.25. The molecule has 0 aliphatic rings. The first-order valence-corrected chi connectivity index (χ1v) is 7.66. The molecule has 6 heteroatoms. The van der Waals surface area contributed by atoms with Crippen molar-refractivity contribution < 1.29 is 4.74 Å². The number of nitrogens with zero attached hydrogens (tertiary/aromatic N) is 2. The zero-order valence-electron chi connectivity index (χ0n) is 13.4. The Bertz CT molecular complexity index is 666. The Morgan fingerprint density at radius 2 is 2.14 bits per heavy atom. The van der Waals surface area contributed by atoms with Gasteiger partial charge in [-0.1, -0.05) is 6.07 Å². The molecular formula is C16H22N4OS. The fourth-order valence-corrected chi connectivity index (χ4v) is 2.34. The molecule has 0 unspecified atom stereocenters. The lowest BCUT2D eigenvalue weighted by Gasteiger charge is -2.13. The van der Waals surface area contributed by atoms with Gasteiger partial charge >= 0.3 is 0 Å². The predicted octanol–water partition coefficient (Wildman–Crippen LogP) is 3.02. The first kappa shape index (κ1) is 16.3. The summed E-state index contributed by atoms with van der Waals surface area (Å²) in [6, 6.07) is 5.94. The molecule has 1 heterocycles. The van der Waals surface area contributed by atoms with E-state index in [1.165, 1.54) is 0 Å². The van der Waals surface area contributed by atoms with E-state index in [9.17, 15) is 0 Å². The topological polar surface area (TPSA) is 51.1 Å². The molecule has 118 valence electrons. The summed E-state index contributed by atoms with van der Waals surface area (Å²) in [7, 11) is 1.65. The minimum absolute atomic E-state index is 0.563. The number of aryl methyl sites for hydroxylation is 3. The predicted molar refractivity (Wildman–Crippen MR) is 93.4 cm³/mol. The SMILES string of the molecule is CCn1cc(CNC(=S)Nc2cc(C)ccc2OC)c(C)n1. The van der Waals surface area contributed by atoms with Crippen LogP contribution in [0.4, 0.5) is 5.69 Å². The molecule has 2 N–H and O–H groups in total. The summed E-state index contributed by atoms with van der Waals surface area (Å²) in [5.41, 5.74) is 4.17. The molecule has 0 amide bonds. The van der Waals surface area contributed by atoms with Crippen molar-refractivity contribution in [2.45, 2.75) is 33.9 Å². The normalized spacial score (nSPS) is 10.4. The van der Waals surface area contributed by atoms with Gasteiger partial charge in [0.1, 0.15) is 5.75 Å². The van der Waals surface area contributed by atoms with Gasteiger partial charge in [-0.2, -0.15) is 5.10 Å². The number of aromatic nitrogens is 2. The summed E-state index contributed by atoms with van der Waals surface area (Å²) >= 11 is 5.36. The van der Waals surface area contributed by atoms with Gasteiger partial charge < -0.3 is 15.4 Å². The zero-order chi connectivity index (χ0) is 16.1. The minimum atomic E-state index is 0.563. The number of hydrogen-bond acceptors (Lipinski definition) is 3. The molecule has 0 aliphatic heterocycles. The maximum absolute atomic E-state index is 5.36. The Morgan fingerprint density at radius 1 is 1.36 bits per heavy atom. The van der Waals surface area contributed by atoms with E-state index in [2.05, 4.69) is 22.7 Å². The Morgan fingerprint density at radius 3 is 2.77 bits per heavy atom. The first-order valence-electron chi connectivity index (χ1n) is 7.26. The smallest absolute Gasteiger partial charge is 0.171 e. The van der Waals surface area contributed by atoms with Crippen LogP contribution in [0.15, 0.2) is 24.4 Å². The number of methoxy groups -OCH3 is 1. The van der Waals surface area contributed by atoms with Gasteiger partial charge in [0.05, 0.1) is 18.5 Å². The maximum Gasteiger partial charge on any atom is 0.171 e. The molecule has 0 bridgehead atoms. The second-order valence-corrected chi connectivity index (χ2v) is 5.52. The van der Waals surface area contributed by atoms with Gasteiger partial charge in [-0.3, -0.25) is 4.68 Å².